The average Bonchev–Trinajstić information content (AvgIpc) is 2.97. The summed E-state index contributed by atoms with van der Waals surface area (Å²) in [5, 5.41) is 25.7. The van der Waals surface area contributed by atoms with Crippen molar-refractivity contribution in [3.8, 4) is 0 Å². The third-order valence-electron chi connectivity index (χ3n) is 4.36. The average molecular weight is 603 g/mol. The highest BCUT2D eigenvalue weighted by Gasteiger charge is 2.01. The summed E-state index contributed by atoms with van der Waals surface area (Å²) in [7, 11) is 0. The van der Waals surface area contributed by atoms with Crippen LogP contribution in [0, 0.1) is 0 Å². The molecule has 0 bridgehead atoms. The Bertz CT molecular complexity index is 524. The summed E-state index contributed by atoms with van der Waals surface area (Å²) in [5.74, 6) is -0.458. The molecule has 0 radical (unpaired) electrons. The molecule has 0 rings (SSSR count). The molecule has 246 valence electrons. The minimum Gasteiger partial charge on any atom is -0.460 e. The molecule has 0 heterocycles. The van der Waals surface area contributed by atoms with Crippen molar-refractivity contribution in [1.82, 2.24) is 0 Å². The van der Waals surface area contributed by atoms with Gasteiger partial charge in [-0.2, -0.15) is 0 Å². The quantitative estimate of drug-likeness (QED) is 0.0532. The monoisotopic (exact) mass is 602 g/mol. The van der Waals surface area contributed by atoms with Crippen LogP contribution in [0.25, 0.3) is 0 Å². The van der Waals surface area contributed by atoms with Crippen molar-refractivity contribution < 1.29 is 67.5 Å². The Morgan fingerprint density at radius 3 is 1.20 bits per heavy atom. The summed E-state index contributed by atoms with van der Waals surface area (Å²) in [6, 6.07) is 0. The van der Waals surface area contributed by atoms with Crippen LogP contribution < -0.4 is 0 Å². The van der Waals surface area contributed by atoms with E-state index in [0.717, 1.165) is 6.08 Å². The van der Waals surface area contributed by atoms with Gasteiger partial charge in [0.25, 0.3) is 0 Å². The molecule has 0 aliphatic rings. The summed E-state index contributed by atoms with van der Waals surface area (Å²) >= 11 is 0. The molecule has 0 fully saturated rings. The van der Waals surface area contributed by atoms with E-state index < -0.39 is 12.1 Å². The number of aliphatic hydroxyl groups is 3. The van der Waals surface area contributed by atoms with Gasteiger partial charge in [-0.1, -0.05) is 6.58 Å². The molecule has 14 nitrogen and oxygen atoms in total. The van der Waals surface area contributed by atoms with Crippen LogP contribution in [-0.2, 0) is 52.2 Å². The van der Waals surface area contributed by atoms with E-state index in [0.29, 0.717) is 112 Å². The van der Waals surface area contributed by atoms with E-state index in [2.05, 4.69) is 6.58 Å². The zero-order valence-corrected chi connectivity index (χ0v) is 24.9. The van der Waals surface area contributed by atoms with Crippen LogP contribution in [-0.4, -0.2) is 166 Å². The van der Waals surface area contributed by atoms with Crippen molar-refractivity contribution in [2.75, 3.05) is 132 Å². The first kappa shape index (κ1) is 41.9. The SMILES string of the molecule is C=CC(=O)OCCOCCOCCOCCOCCOCCOCCOCCOCCO.CC(O)COC(C)CO. The highest BCUT2D eigenvalue weighted by molar-refractivity contribution is 5.81. The Morgan fingerprint density at radius 2 is 0.927 bits per heavy atom. The zero-order valence-electron chi connectivity index (χ0n) is 24.9. The van der Waals surface area contributed by atoms with E-state index in [1.54, 1.807) is 13.8 Å². The molecule has 2 atom stereocenters. The molecule has 0 aromatic heterocycles. The lowest BCUT2D eigenvalue weighted by Gasteiger charge is -2.10. The molecule has 0 saturated heterocycles. The largest absolute Gasteiger partial charge is 0.460 e. The summed E-state index contributed by atoms with van der Waals surface area (Å²) in [5.41, 5.74) is 0. The van der Waals surface area contributed by atoms with E-state index in [9.17, 15) is 4.79 Å². The lowest BCUT2D eigenvalue weighted by Crippen LogP contribution is -2.19. The number of carbonyl (C=O) groups excluding carboxylic acids is 1. The molecule has 0 spiro atoms. The van der Waals surface area contributed by atoms with Crippen molar-refractivity contribution in [3.05, 3.63) is 12.7 Å². The lowest BCUT2D eigenvalue weighted by atomic mass is 10.4. The minimum atomic E-state index is -0.458. The number of rotatable bonds is 31. The first-order valence-corrected chi connectivity index (χ1v) is 13.9. The van der Waals surface area contributed by atoms with Gasteiger partial charge in [-0.3, -0.25) is 0 Å². The number of ether oxygens (including phenoxy) is 10. The molecule has 2 unspecified atom stereocenters. The Balaban J connectivity index is 0. The highest BCUT2D eigenvalue weighted by atomic mass is 16.6. The van der Waals surface area contributed by atoms with Crippen molar-refractivity contribution in [2.45, 2.75) is 26.1 Å². The molecule has 41 heavy (non-hydrogen) atoms. The van der Waals surface area contributed by atoms with E-state index >= 15 is 0 Å². The first-order chi connectivity index (χ1) is 20.0. The van der Waals surface area contributed by atoms with Gasteiger partial charge >= 0.3 is 5.97 Å². The summed E-state index contributed by atoms with van der Waals surface area (Å²) in [6.07, 6.45) is 0.499. The summed E-state index contributed by atoms with van der Waals surface area (Å²) in [4.78, 5) is 10.8. The van der Waals surface area contributed by atoms with E-state index in [-0.39, 0.29) is 25.9 Å². The van der Waals surface area contributed by atoms with Crippen LogP contribution in [0.4, 0.5) is 0 Å². The first-order valence-electron chi connectivity index (χ1n) is 13.9. The fraction of sp³-hybridized carbons (Fsp3) is 0.889. The van der Waals surface area contributed by atoms with Gasteiger partial charge < -0.3 is 62.7 Å². The van der Waals surface area contributed by atoms with Crippen LogP contribution in [0.15, 0.2) is 12.7 Å². The molecule has 0 aromatic rings. The second-order valence-corrected chi connectivity index (χ2v) is 8.17. The van der Waals surface area contributed by atoms with Crippen molar-refractivity contribution in [1.29, 1.82) is 0 Å². The van der Waals surface area contributed by atoms with Crippen LogP contribution >= 0.6 is 0 Å². The van der Waals surface area contributed by atoms with E-state index in [4.69, 9.17) is 62.7 Å². The second kappa shape index (κ2) is 36.8. The summed E-state index contributed by atoms with van der Waals surface area (Å²) in [6.45, 7) is 14.6. The van der Waals surface area contributed by atoms with Gasteiger partial charge in [0, 0.05) is 6.08 Å². The second-order valence-electron chi connectivity index (χ2n) is 8.17. The smallest absolute Gasteiger partial charge is 0.330 e. The number of esters is 1. The molecular formula is C27H54O14. The maximum absolute atomic E-state index is 10.8. The lowest BCUT2D eigenvalue weighted by molar-refractivity contribution is -0.139. The van der Waals surface area contributed by atoms with Crippen LogP contribution in [0.2, 0.25) is 0 Å². The Hall–Kier alpha value is -1.27. The van der Waals surface area contributed by atoms with Gasteiger partial charge in [-0.25, -0.2) is 4.79 Å². The molecule has 3 N–H and O–H groups in total. The maximum atomic E-state index is 10.8. The molecule has 0 saturated carbocycles. The van der Waals surface area contributed by atoms with Crippen LogP contribution in [0.3, 0.4) is 0 Å². The zero-order chi connectivity index (χ0) is 30.7. The predicted octanol–water partition coefficient (Wildman–Crippen LogP) is -0.395. The van der Waals surface area contributed by atoms with Gasteiger partial charge in [0.2, 0.25) is 0 Å². The van der Waals surface area contributed by atoms with Gasteiger partial charge in [0.05, 0.1) is 138 Å². The fourth-order valence-electron chi connectivity index (χ4n) is 2.32. The van der Waals surface area contributed by atoms with Crippen molar-refractivity contribution >= 4 is 5.97 Å². The number of aliphatic hydroxyl groups excluding tert-OH is 3. The standard InChI is InChI=1S/C21H40O11.C6H14O3/c1-2-21(23)32-20-19-31-18-17-30-16-15-29-14-13-28-12-11-27-10-9-26-8-7-25-6-5-24-4-3-22;1-5(8)4-9-6(2)3-7/h2,22H,1,3-20H2;5-8H,3-4H2,1-2H3. The van der Waals surface area contributed by atoms with Crippen molar-refractivity contribution in [2.24, 2.45) is 0 Å². The topological polar surface area (TPSA) is 170 Å². The number of hydrogen-bond acceptors (Lipinski definition) is 14. The van der Waals surface area contributed by atoms with Gasteiger partial charge in [-0.05, 0) is 13.8 Å². The Kier molecular flexibility index (Phi) is 37.5. The Labute approximate surface area is 244 Å². The van der Waals surface area contributed by atoms with E-state index in [1.807, 2.05) is 0 Å². The molecule has 0 aliphatic carbocycles. The number of hydrogen-bond donors (Lipinski definition) is 3. The van der Waals surface area contributed by atoms with Crippen LogP contribution in [0.1, 0.15) is 13.8 Å². The van der Waals surface area contributed by atoms with Gasteiger partial charge in [0.1, 0.15) is 6.61 Å². The normalized spacial score (nSPS) is 12.4. The molecule has 0 amide bonds. The third kappa shape index (κ3) is 40.9. The van der Waals surface area contributed by atoms with Gasteiger partial charge in [0.15, 0.2) is 0 Å². The minimum absolute atomic E-state index is 0.00667. The fourth-order valence-corrected chi connectivity index (χ4v) is 2.32. The third-order valence-corrected chi connectivity index (χ3v) is 4.36. The number of carbonyl (C=O) groups is 1. The highest BCUT2D eigenvalue weighted by Crippen LogP contribution is 1.90. The van der Waals surface area contributed by atoms with Gasteiger partial charge in [-0.15, -0.1) is 0 Å². The van der Waals surface area contributed by atoms with Crippen molar-refractivity contribution in [3.63, 3.8) is 0 Å². The predicted molar refractivity (Wildman–Crippen MR) is 149 cm³/mol. The molecule has 0 aliphatic heterocycles. The maximum Gasteiger partial charge on any atom is 0.330 e. The molecule has 0 aromatic carbocycles. The molecular weight excluding hydrogens is 548 g/mol. The Morgan fingerprint density at radius 1 is 0.610 bits per heavy atom. The van der Waals surface area contributed by atoms with E-state index in [1.165, 1.54) is 0 Å². The van der Waals surface area contributed by atoms with Crippen LogP contribution in [0.5, 0.6) is 0 Å². The summed E-state index contributed by atoms with van der Waals surface area (Å²) < 4.78 is 52.2. The molecule has 14 heteroatoms.